The third-order valence-electron chi connectivity index (χ3n) is 6.00. The highest BCUT2D eigenvalue weighted by Gasteiger charge is 2.28. The van der Waals surface area contributed by atoms with Gasteiger partial charge in [-0.1, -0.05) is 42.5 Å². The predicted molar refractivity (Wildman–Crippen MR) is 109 cm³/mol. The number of aliphatic hydroxyl groups is 2. The molecule has 0 unspecified atom stereocenters. The quantitative estimate of drug-likeness (QED) is 0.786. The number of hydrogen-bond donors (Lipinski definition) is 2. The first kappa shape index (κ1) is 19.1. The largest absolute Gasteiger partial charge is 0.392 e. The Hall–Kier alpha value is -2.27. The molecule has 2 aliphatic rings. The van der Waals surface area contributed by atoms with Crippen molar-refractivity contribution in [3.05, 3.63) is 81.9 Å². The Morgan fingerprint density at radius 3 is 2.36 bits per heavy atom. The molecule has 2 aromatic carbocycles. The van der Waals surface area contributed by atoms with Gasteiger partial charge in [0.25, 0.3) is 0 Å². The number of aliphatic hydroxyl groups excluding tert-OH is 2. The minimum atomic E-state index is -0.157. The number of carbonyl (C=O) groups is 1. The second-order valence-electron chi connectivity index (χ2n) is 7.89. The van der Waals surface area contributed by atoms with Gasteiger partial charge in [-0.05, 0) is 60.2 Å². The summed E-state index contributed by atoms with van der Waals surface area (Å²) in [4.78, 5) is 15.3. The van der Waals surface area contributed by atoms with Crippen molar-refractivity contribution in [3.8, 4) is 0 Å². The Kier molecular flexibility index (Phi) is 5.72. The van der Waals surface area contributed by atoms with E-state index in [0.717, 1.165) is 43.6 Å². The van der Waals surface area contributed by atoms with Crippen molar-refractivity contribution in [1.29, 1.82) is 0 Å². The van der Waals surface area contributed by atoms with Gasteiger partial charge in [0.15, 0.2) is 5.78 Å². The van der Waals surface area contributed by atoms with E-state index in [1.165, 1.54) is 5.56 Å². The normalized spacial score (nSPS) is 19.4. The number of rotatable bonds is 5. The number of piperidine rings is 1. The molecular weight excluding hydrogens is 350 g/mol. The molecule has 0 bridgehead atoms. The molecule has 0 spiro atoms. The topological polar surface area (TPSA) is 60.8 Å². The Labute approximate surface area is 166 Å². The molecule has 4 heteroatoms. The number of nitrogens with zero attached hydrogens (tertiary/aromatic N) is 1. The number of carbonyl (C=O) groups excluding carboxylic acids is 1. The summed E-state index contributed by atoms with van der Waals surface area (Å²) in [7, 11) is 0. The molecule has 28 heavy (non-hydrogen) atoms. The molecule has 1 fully saturated rings. The van der Waals surface area contributed by atoms with Crippen molar-refractivity contribution in [1.82, 2.24) is 4.90 Å². The lowest BCUT2D eigenvalue weighted by Crippen LogP contribution is -2.32. The molecule has 0 amide bonds. The van der Waals surface area contributed by atoms with E-state index in [9.17, 15) is 15.0 Å². The zero-order chi connectivity index (χ0) is 19.5. The van der Waals surface area contributed by atoms with Gasteiger partial charge in [0.05, 0.1) is 13.2 Å². The van der Waals surface area contributed by atoms with Gasteiger partial charge in [0.1, 0.15) is 0 Å². The first-order valence-electron chi connectivity index (χ1n) is 10.1. The molecule has 2 aromatic rings. The summed E-state index contributed by atoms with van der Waals surface area (Å²) in [6.07, 6.45) is 4.96. The Morgan fingerprint density at radius 2 is 1.68 bits per heavy atom. The van der Waals surface area contributed by atoms with Gasteiger partial charge >= 0.3 is 0 Å². The van der Waals surface area contributed by atoms with Crippen molar-refractivity contribution in [2.75, 3.05) is 13.1 Å². The van der Waals surface area contributed by atoms with Crippen LogP contribution in [0.25, 0.3) is 0 Å². The monoisotopic (exact) mass is 377 g/mol. The number of benzene rings is 2. The predicted octanol–water partition coefficient (Wildman–Crippen LogP) is 3.25. The van der Waals surface area contributed by atoms with E-state index in [4.69, 9.17) is 0 Å². The molecule has 0 saturated carbocycles. The summed E-state index contributed by atoms with van der Waals surface area (Å²) in [6, 6.07) is 14.2. The fraction of sp³-hybridized carbons (Fsp3) is 0.375. The van der Waals surface area contributed by atoms with E-state index in [-0.39, 0.29) is 19.0 Å². The lowest BCUT2D eigenvalue weighted by atomic mass is 9.93. The van der Waals surface area contributed by atoms with Crippen LogP contribution in [0.3, 0.4) is 0 Å². The summed E-state index contributed by atoms with van der Waals surface area (Å²) >= 11 is 0. The van der Waals surface area contributed by atoms with E-state index in [0.29, 0.717) is 29.0 Å². The van der Waals surface area contributed by atoms with Crippen LogP contribution in [0.2, 0.25) is 0 Å². The molecule has 1 aliphatic heterocycles. The molecule has 2 N–H and O–H groups in total. The molecule has 0 atom stereocenters. The van der Waals surface area contributed by atoms with Crippen molar-refractivity contribution in [2.45, 2.75) is 39.0 Å². The van der Waals surface area contributed by atoms with E-state index < -0.39 is 0 Å². The van der Waals surface area contributed by atoms with E-state index >= 15 is 0 Å². The average molecular weight is 377 g/mol. The molecular formula is C24H27NO3. The molecule has 0 radical (unpaired) electrons. The van der Waals surface area contributed by atoms with Crippen LogP contribution in [0.4, 0.5) is 0 Å². The van der Waals surface area contributed by atoms with Gasteiger partial charge in [-0.3, -0.25) is 9.69 Å². The van der Waals surface area contributed by atoms with Gasteiger partial charge < -0.3 is 10.2 Å². The first-order valence-corrected chi connectivity index (χ1v) is 10.1. The fourth-order valence-corrected chi connectivity index (χ4v) is 4.39. The minimum Gasteiger partial charge on any atom is -0.392 e. The maximum Gasteiger partial charge on any atom is 0.189 e. The zero-order valence-corrected chi connectivity index (χ0v) is 16.1. The van der Waals surface area contributed by atoms with Crippen molar-refractivity contribution in [2.24, 2.45) is 5.92 Å². The van der Waals surface area contributed by atoms with E-state index in [2.05, 4.69) is 35.2 Å². The molecule has 1 heterocycles. The molecule has 0 aromatic heterocycles. The summed E-state index contributed by atoms with van der Waals surface area (Å²) < 4.78 is 0. The first-order chi connectivity index (χ1) is 13.7. The Morgan fingerprint density at radius 1 is 1.00 bits per heavy atom. The van der Waals surface area contributed by atoms with E-state index in [1.807, 2.05) is 12.1 Å². The van der Waals surface area contributed by atoms with Crippen LogP contribution < -0.4 is 0 Å². The summed E-state index contributed by atoms with van der Waals surface area (Å²) in [5, 5.41) is 19.0. The van der Waals surface area contributed by atoms with Crippen LogP contribution >= 0.6 is 0 Å². The van der Waals surface area contributed by atoms with Crippen molar-refractivity contribution < 1.29 is 15.0 Å². The van der Waals surface area contributed by atoms with Crippen LogP contribution in [-0.4, -0.2) is 34.0 Å². The minimum absolute atomic E-state index is 0.0842. The summed E-state index contributed by atoms with van der Waals surface area (Å²) in [6.45, 7) is 2.82. The smallest absolute Gasteiger partial charge is 0.189 e. The maximum absolute atomic E-state index is 12.8. The van der Waals surface area contributed by atoms with Gasteiger partial charge in [0, 0.05) is 24.1 Å². The molecule has 1 aliphatic carbocycles. The highest BCUT2D eigenvalue weighted by Crippen LogP contribution is 2.32. The number of hydrogen-bond acceptors (Lipinski definition) is 4. The Balaban J connectivity index is 1.41. The van der Waals surface area contributed by atoms with Gasteiger partial charge in [-0.2, -0.15) is 0 Å². The molecule has 146 valence electrons. The standard InChI is InChI=1S/C24H27NO3/c26-15-21-12-19-11-20(24(28)23(19)13-22(21)16-27)10-17-6-8-25(9-7-17)14-18-4-2-1-3-5-18/h1-5,10,12-13,17,26-27H,6-9,11,14-16H2/b20-10-. The lowest BCUT2D eigenvalue weighted by Gasteiger charge is -2.30. The van der Waals surface area contributed by atoms with Gasteiger partial charge in [0.2, 0.25) is 0 Å². The summed E-state index contributed by atoms with van der Waals surface area (Å²) in [5.74, 6) is 0.524. The highest BCUT2D eigenvalue weighted by atomic mass is 16.3. The third kappa shape index (κ3) is 3.95. The van der Waals surface area contributed by atoms with Crippen LogP contribution in [-0.2, 0) is 26.2 Å². The molecule has 1 saturated heterocycles. The van der Waals surface area contributed by atoms with Crippen LogP contribution in [0.1, 0.15) is 45.5 Å². The third-order valence-corrected chi connectivity index (χ3v) is 6.00. The summed E-state index contributed by atoms with van der Waals surface area (Å²) in [5.41, 5.74) is 5.23. The van der Waals surface area contributed by atoms with E-state index in [1.54, 1.807) is 6.07 Å². The van der Waals surface area contributed by atoms with Crippen LogP contribution in [0.15, 0.2) is 54.1 Å². The highest BCUT2D eigenvalue weighted by molar-refractivity contribution is 6.13. The average Bonchev–Trinajstić information content (AvgIpc) is 3.03. The second kappa shape index (κ2) is 8.39. The van der Waals surface area contributed by atoms with Gasteiger partial charge in [-0.25, -0.2) is 0 Å². The van der Waals surface area contributed by atoms with Crippen LogP contribution in [0, 0.1) is 5.92 Å². The number of allylic oxidation sites excluding steroid dienone is 2. The number of ketones is 1. The number of fused-ring (bicyclic) bond motifs is 1. The SMILES string of the molecule is O=C1/C(=C\C2CCN(Cc3ccccc3)CC2)Cc2cc(CO)c(CO)cc21. The molecule has 4 nitrogen and oxygen atoms in total. The molecule has 4 rings (SSSR count). The Bertz CT molecular complexity index is 880. The van der Waals surface area contributed by atoms with Crippen molar-refractivity contribution in [3.63, 3.8) is 0 Å². The second-order valence-corrected chi connectivity index (χ2v) is 7.89. The lowest BCUT2D eigenvalue weighted by molar-refractivity contribution is 0.103. The van der Waals surface area contributed by atoms with Gasteiger partial charge in [-0.15, -0.1) is 0 Å². The number of Topliss-reactive ketones (excluding diaryl/α,β-unsaturated/α-hetero) is 1. The van der Waals surface area contributed by atoms with Crippen molar-refractivity contribution >= 4 is 5.78 Å². The maximum atomic E-state index is 12.8. The zero-order valence-electron chi connectivity index (χ0n) is 16.1. The van der Waals surface area contributed by atoms with Crippen LogP contribution in [0.5, 0.6) is 0 Å². The fourth-order valence-electron chi connectivity index (χ4n) is 4.39. The number of likely N-dealkylation sites (tertiary alicyclic amines) is 1.